The molecule has 58 valence electrons. The number of carbonyl (C=O) groups excluding carboxylic acids is 1. The zero-order valence-electron chi connectivity index (χ0n) is 6.37. The van der Waals surface area contributed by atoms with Gasteiger partial charge in [0.25, 0.3) is 0 Å². The molecule has 1 heterocycles. The van der Waals surface area contributed by atoms with Crippen molar-refractivity contribution in [2.75, 3.05) is 0 Å². The van der Waals surface area contributed by atoms with Gasteiger partial charge in [-0.1, -0.05) is 0 Å². The van der Waals surface area contributed by atoms with E-state index in [1.807, 2.05) is 13.0 Å². The molecule has 0 atom stereocenters. The highest BCUT2D eigenvalue weighted by Crippen LogP contribution is 2.02. The molecule has 0 radical (unpaired) electrons. The first kappa shape index (κ1) is 7.72. The van der Waals surface area contributed by atoms with Crippen LogP contribution < -0.4 is 5.32 Å². The lowest BCUT2D eigenvalue weighted by Crippen LogP contribution is -2.10. The molecule has 0 aliphatic carbocycles. The van der Waals surface area contributed by atoms with Crippen molar-refractivity contribution in [2.45, 2.75) is 13.5 Å². The number of pyridine rings is 1. The molecule has 1 amide bonds. The largest absolute Gasteiger partial charge is 0.355 e. The maximum absolute atomic E-state index is 9.96. The van der Waals surface area contributed by atoms with Crippen LogP contribution in [0.1, 0.15) is 11.1 Å². The van der Waals surface area contributed by atoms with Crippen LogP contribution in [0.15, 0.2) is 18.5 Å². The Morgan fingerprint density at radius 1 is 1.73 bits per heavy atom. The lowest BCUT2D eigenvalue weighted by atomic mass is 10.2. The van der Waals surface area contributed by atoms with Crippen LogP contribution in [-0.4, -0.2) is 11.4 Å². The van der Waals surface area contributed by atoms with Gasteiger partial charge in [-0.05, 0) is 24.1 Å². The van der Waals surface area contributed by atoms with Crippen LogP contribution >= 0.6 is 0 Å². The second-order valence-electron chi connectivity index (χ2n) is 2.30. The Hall–Kier alpha value is -1.38. The number of amides is 1. The van der Waals surface area contributed by atoms with Crippen molar-refractivity contribution < 1.29 is 4.79 Å². The Morgan fingerprint density at radius 2 is 2.55 bits per heavy atom. The van der Waals surface area contributed by atoms with Gasteiger partial charge in [0.05, 0.1) is 0 Å². The van der Waals surface area contributed by atoms with Gasteiger partial charge >= 0.3 is 0 Å². The van der Waals surface area contributed by atoms with Gasteiger partial charge in [-0.15, -0.1) is 0 Å². The molecule has 11 heavy (non-hydrogen) atoms. The molecule has 0 saturated heterocycles. The molecule has 0 spiro atoms. The number of carbonyl (C=O) groups is 1. The zero-order chi connectivity index (χ0) is 8.10. The van der Waals surface area contributed by atoms with E-state index in [0.29, 0.717) is 13.0 Å². The predicted octanol–water partition coefficient (Wildman–Crippen LogP) is 0.636. The molecule has 1 aromatic rings. The average molecular weight is 150 g/mol. The molecule has 1 aromatic heterocycles. The highest BCUT2D eigenvalue weighted by molar-refractivity contribution is 5.46. The summed E-state index contributed by atoms with van der Waals surface area (Å²) in [7, 11) is 0. The van der Waals surface area contributed by atoms with E-state index in [1.165, 1.54) is 0 Å². The first-order chi connectivity index (χ1) is 5.34. The third-order valence-electron chi connectivity index (χ3n) is 1.52. The van der Waals surface area contributed by atoms with E-state index in [0.717, 1.165) is 11.1 Å². The fourth-order valence-electron chi connectivity index (χ4n) is 0.833. The van der Waals surface area contributed by atoms with Crippen molar-refractivity contribution in [1.29, 1.82) is 0 Å². The van der Waals surface area contributed by atoms with Gasteiger partial charge < -0.3 is 5.32 Å². The van der Waals surface area contributed by atoms with E-state index in [1.54, 1.807) is 12.4 Å². The van der Waals surface area contributed by atoms with Crippen molar-refractivity contribution in [3.8, 4) is 0 Å². The molecule has 0 fully saturated rings. The second kappa shape index (κ2) is 3.71. The quantitative estimate of drug-likeness (QED) is 0.642. The maximum atomic E-state index is 9.96. The highest BCUT2D eigenvalue weighted by atomic mass is 16.1. The first-order valence-electron chi connectivity index (χ1n) is 3.41. The Labute approximate surface area is 65.5 Å². The Balaban J connectivity index is 2.69. The summed E-state index contributed by atoms with van der Waals surface area (Å²) in [6.45, 7) is 2.55. The van der Waals surface area contributed by atoms with Gasteiger partial charge in [-0.3, -0.25) is 9.78 Å². The standard InChI is InChI=1S/C8H10N2O/c1-7-2-3-9-4-8(7)5-10-6-11/h2-4,6H,5H2,1H3,(H,10,11). The highest BCUT2D eigenvalue weighted by Gasteiger charge is 1.94. The fraction of sp³-hybridized carbons (Fsp3) is 0.250. The minimum Gasteiger partial charge on any atom is -0.355 e. The van der Waals surface area contributed by atoms with E-state index in [4.69, 9.17) is 0 Å². The molecular formula is C8H10N2O. The third-order valence-corrected chi connectivity index (χ3v) is 1.52. The van der Waals surface area contributed by atoms with E-state index in [2.05, 4.69) is 10.3 Å². The number of aryl methyl sites for hydroxylation is 1. The minimum atomic E-state index is 0.559. The lowest BCUT2D eigenvalue weighted by molar-refractivity contribution is -0.109. The summed E-state index contributed by atoms with van der Waals surface area (Å²) in [6, 6.07) is 1.92. The fourth-order valence-corrected chi connectivity index (χ4v) is 0.833. The average Bonchev–Trinajstić information content (AvgIpc) is 2.03. The van der Waals surface area contributed by atoms with Crippen LogP contribution in [0.3, 0.4) is 0 Å². The lowest BCUT2D eigenvalue weighted by Gasteiger charge is -2.01. The molecule has 0 aromatic carbocycles. The van der Waals surface area contributed by atoms with Crippen molar-refractivity contribution in [3.05, 3.63) is 29.6 Å². The number of aromatic nitrogens is 1. The zero-order valence-corrected chi connectivity index (χ0v) is 6.37. The molecule has 1 rings (SSSR count). The Bertz CT molecular complexity index is 248. The van der Waals surface area contributed by atoms with Crippen molar-refractivity contribution in [2.24, 2.45) is 0 Å². The minimum absolute atomic E-state index is 0.559. The van der Waals surface area contributed by atoms with Gasteiger partial charge in [0.2, 0.25) is 6.41 Å². The number of hydrogen-bond donors (Lipinski definition) is 1. The topological polar surface area (TPSA) is 42.0 Å². The van der Waals surface area contributed by atoms with E-state index < -0.39 is 0 Å². The summed E-state index contributed by atoms with van der Waals surface area (Å²) >= 11 is 0. The molecule has 0 saturated carbocycles. The van der Waals surface area contributed by atoms with Gasteiger partial charge in [0.15, 0.2) is 0 Å². The summed E-state index contributed by atoms with van der Waals surface area (Å²) in [4.78, 5) is 13.9. The van der Waals surface area contributed by atoms with Gasteiger partial charge in [-0.25, -0.2) is 0 Å². The number of nitrogens with one attached hydrogen (secondary N) is 1. The molecule has 1 N–H and O–H groups in total. The van der Waals surface area contributed by atoms with E-state index >= 15 is 0 Å². The van der Waals surface area contributed by atoms with E-state index in [9.17, 15) is 4.79 Å². The van der Waals surface area contributed by atoms with Crippen molar-refractivity contribution in [1.82, 2.24) is 10.3 Å². The summed E-state index contributed by atoms with van der Waals surface area (Å²) in [6.07, 6.45) is 4.18. The monoisotopic (exact) mass is 150 g/mol. The summed E-state index contributed by atoms with van der Waals surface area (Å²) in [5.41, 5.74) is 2.20. The van der Waals surface area contributed by atoms with Crippen molar-refractivity contribution >= 4 is 6.41 Å². The van der Waals surface area contributed by atoms with Crippen LogP contribution in [0.5, 0.6) is 0 Å². The van der Waals surface area contributed by atoms with Crippen LogP contribution in [0, 0.1) is 6.92 Å². The van der Waals surface area contributed by atoms with Crippen LogP contribution in [0.2, 0.25) is 0 Å². The molecule has 3 heteroatoms. The molecular weight excluding hydrogens is 140 g/mol. The van der Waals surface area contributed by atoms with Crippen LogP contribution in [-0.2, 0) is 11.3 Å². The molecule has 0 aliphatic rings. The molecule has 3 nitrogen and oxygen atoms in total. The van der Waals surface area contributed by atoms with Crippen LogP contribution in [0.25, 0.3) is 0 Å². The third kappa shape index (κ3) is 2.04. The number of rotatable bonds is 3. The van der Waals surface area contributed by atoms with Gasteiger partial charge in [0, 0.05) is 18.9 Å². The van der Waals surface area contributed by atoms with Crippen LogP contribution in [0.4, 0.5) is 0 Å². The summed E-state index contributed by atoms with van der Waals surface area (Å²) in [5, 5.41) is 2.58. The molecule has 0 unspecified atom stereocenters. The predicted molar refractivity (Wildman–Crippen MR) is 41.9 cm³/mol. The van der Waals surface area contributed by atoms with Gasteiger partial charge in [-0.2, -0.15) is 0 Å². The SMILES string of the molecule is Cc1ccncc1CNC=O. The van der Waals surface area contributed by atoms with E-state index in [-0.39, 0.29) is 0 Å². The Morgan fingerprint density at radius 3 is 3.18 bits per heavy atom. The maximum Gasteiger partial charge on any atom is 0.207 e. The summed E-state index contributed by atoms with van der Waals surface area (Å²) in [5.74, 6) is 0. The molecule has 0 aliphatic heterocycles. The number of nitrogens with zero attached hydrogens (tertiary/aromatic N) is 1. The first-order valence-corrected chi connectivity index (χ1v) is 3.41. The van der Waals surface area contributed by atoms with Crippen molar-refractivity contribution in [3.63, 3.8) is 0 Å². The smallest absolute Gasteiger partial charge is 0.207 e. The Kier molecular flexibility index (Phi) is 2.60. The second-order valence-corrected chi connectivity index (χ2v) is 2.30. The number of hydrogen-bond acceptors (Lipinski definition) is 2. The summed E-state index contributed by atoms with van der Waals surface area (Å²) < 4.78 is 0. The molecule has 0 bridgehead atoms. The normalized spacial score (nSPS) is 9.18. The van der Waals surface area contributed by atoms with Gasteiger partial charge in [0.1, 0.15) is 0 Å².